The maximum atomic E-state index is 9.36. The highest BCUT2D eigenvalue weighted by molar-refractivity contribution is 5.89. The number of terminal acetylenes is 1. The SMILES string of the molecule is C#CCOc1ccc(/C=C(\C#N)c2ccc(NC)cc2)cc1.CCC=O. The minimum atomic E-state index is 0.246. The maximum absolute atomic E-state index is 9.36. The van der Waals surface area contributed by atoms with E-state index < -0.39 is 0 Å². The molecule has 0 atom stereocenters. The monoisotopic (exact) mass is 346 g/mol. The van der Waals surface area contributed by atoms with E-state index in [1.54, 1.807) is 0 Å². The van der Waals surface area contributed by atoms with E-state index >= 15 is 0 Å². The summed E-state index contributed by atoms with van der Waals surface area (Å²) in [5.74, 6) is 3.14. The van der Waals surface area contributed by atoms with Gasteiger partial charge in [-0.2, -0.15) is 5.26 Å². The highest BCUT2D eigenvalue weighted by Gasteiger charge is 2.01. The number of hydrogen-bond donors (Lipinski definition) is 1. The van der Waals surface area contributed by atoms with Crippen LogP contribution >= 0.6 is 0 Å². The number of aldehydes is 1. The van der Waals surface area contributed by atoms with Crippen LogP contribution in [0.3, 0.4) is 0 Å². The van der Waals surface area contributed by atoms with Crippen molar-refractivity contribution in [3.8, 4) is 24.2 Å². The summed E-state index contributed by atoms with van der Waals surface area (Å²) < 4.78 is 5.32. The number of nitriles is 1. The smallest absolute Gasteiger partial charge is 0.148 e. The summed E-state index contributed by atoms with van der Waals surface area (Å²) in [5, 5.41) is 12.4. The molecule has 0 fully saturated rings. The van der Waals surface area contributed by atoms with Gasteiger partial charge < -0.3 is 14.8 Å². The second kappa shape index (κ2) is 11.9. The van der Waals surface area contributed by atoms with Crippen LogP contribution < -0.4 is 10.1 Å². The largest absolute Gasteiger partial charge is 0.481 e. The standard InChI is InChI=1S/C19H16N2O.C3H6O/c1-3-12-22-19-10-4-15(5-11-19)13-17(14-20)16-6-8-18(21-2)9-7-16;1-2-3-4/h1,4-11,13,21H,12H2,2H3;3H,2H2,1H3/b17-13+;. The van der Waals surface area contributed by atoms with Crippen molar-refractivity contribution < 1.29 is 9.53 Å². The van der Waals surface area contributed by atoms with Crippen LogP contribution in [0.2, 0.25) is 0 Å². The highest BCUT2D eigenvalue weighted by Crippen LogP contribution is 2.21. The second-order valence-corrected chi connectivity index (χ2v) is 5.13. The number of anilines is 1. The molecule has 0 aromatic heterocycles. The van der Waals surface area contributed by atoms with Gasteiger partial charge in [0.1, 0.15) is 18.6 Å². The number of nitrogens with one attached hydrogen (secondary N) is 1. The predicted molar refractivity (Wildman–Crippen MR) is 107 cm³/mol. The Morgan fingerprint density at radius 3 is 2.27 bits per heavy atom. The quantitative estimate of drug-likeness (QED) is 0.364. The fourth-order valence-corrected chi connectivity index (χ4v) is 1.95. The molecule has 0 saturated carbocycles. The average Bonchev–Trinajstić information content (AvgIpc) is 2.71. The summed E-state index contributed by atoms with van der Waals surface area (Å²) in [7, 11) is 1.86. The number of carbonyl (C=O) groups is 1. The second-order valence-electron chi connectivity index (χ2n) is 5.13. The molecule has 0 saturated heterocycles. The van der Waals surface area contributed by atoms with Crippen LogP contribution in [0.5, 0.6) is 5.75 Å². The zero-order valence-electron chi connectivity index (χ0n) is 15.0. The van der Waals surface area contributed by atoms with E-state index in [4.69, 9.17) is 11.2 Å². The van der Waals surface area contributed by atoms with Gasteiger partial charge in [-0.05, 0) is 41.5 Å². The van der Waals surface area contributed by atoms with E-state index in [1.807, 2.05) is 68.6 Å². The van der Waals surface area contributed by atoms with Crippen molar-refractivity contribution in [2.75, 3.05) is 19.0 Å². The van der Waals surface area contributed by atoms with Gasteiger partial charge in [0, 0.05) is 19.2 Å². The van der Waals surface area contributed by atoms with Crippen LogP contribution in [0.15, 0.2) is 48.5 Å². The summed E-state index contributed by atoms with van der Waals surface area (Å²) in [6, 6.07) is 17.4. The lowest BCUT2D eigenvalue weighted by atomic mass is 10.0. The molecule has 0 bridgehead atoms. The van der Waals surface area contributed by atoms with Gasteiger partial charge in [-0.1, -0.05) is 37.1 Å². The van der Waals surface area contributed by atoms with Crippen LogP contribution in [0, 0.1) is 23.7 Å². The number of nitrogens with zero attached hydrogens (tertiary/aromatic N) is 1. The van der Waals surface area contributed by atoms with Crippen molar-refractivity contribution in [2.45, 2.75) is 13.3 Å². The molecular formula is C22H22N2O2. The molecule has 0 radical (unpaired) electrons. The fraction of sp³-hybridized carbons (Fsp3) is 0.182. The molecule has 2 aromatic carbocycles. The van der Waals surface area contributed by atoms with Gasteiger partial charge in [0.25, 0.3) is 0 Å². The fourth-order valence-electron chi connectivity index (χ4n) is 1.95. The molecule has 2 rings (SSSR count). The first kappa shape index (κ1) is 20.5. The third-order valence-corrected chi connectivity index (χ3v) is 3.28. The van der Waals surface area contributed by atoms with Crippen molar-refractivity contribution in [1.82, 2.24) is 0 Å². The van der Waals surface area contributed by atoms with E-state index in [-0.39, 0.29) is 6.61 Å². The lowest BCUT2D eigenvalue weighted by molar-refractivity contribution is -0.107. The van der Waals surface area contributed by atoms with E-state index in [2.05, 4.69) is 17.3 Å². The Balaban J connectivity index is 0.000000765. The number of allylic oxidation sites excluding steroid dienone is 1. The molecule has 0 amide bonds. The third-order valence-electron chi connectivity index (χ3n) is 3.28. The summed E-state index contributed by atoms with van der Waals surface area (Å²) in [6.07, 6.45) is 8.51. The number of carbonyl (C=O) groups excluding carboxylic acids is 1. The summed E-state index contributed by atoms with van der Waals surface area (Å²) in [5.41, 5.74) is 3.44. The van der Waals surface area contributed by atoms with Crippen molar-refractivity contribution in [3.63, 3.8) is 0 Å². The summed E-state index contributed by atoms with van der Waals surface area (Å²) in [6.45, 7) is 2.06. The molecule has 2 aromatic rings. The van der Waals surface area contributed by atoms with Gasteiger partial charge in [-0.15, -0.1) is 6.42 Å². The summed E-state index contributed by atoms with van der Waals surface area (Å²) in [4.78, 5) is 9.17. The van der Waals surface area contributed by atoms with Crippen LogP contribution in [-0.2, 0) is 4.79 Å². The average molecular weight is 346 g/mol. The van der Waals surface area contributed by atoms with Crippen molar-refractivity contribution in [1.29, 1.82) is 5.26 Å². The molecule has 1 N–H and O–H groups in total. The van der Waals surface area contributed by atoms with Gasteiger partial charge in [0.05, 0.1) is 11.6 Å². The van der Waals surface area contributed by atoms with E-state index in [1.165, 1.54) is 0 Å². The predicted octanol–water partition coefficient (Wildman–Crippen LogP) is 4.40. The lowest BCUT2D eigenvalue weighted by Crippen LogP contribution is -1.92. The zero-order valence-corrected chi connectivity index (χ0v) is 15.0. The van der Waals surface area contributed by atoms with Crippen LogP contribution in [0.1, 0.15) is 24.5 Å². The normalized spacial score (nSPS) is 9.77. The molecule has 0 unspecified atom stereocenters. The topological polar surface area (TPSA) is 62.1 Å². The maximum Gasteiger partial charge on any atom is 0.148 e. The van der Waals surface area contributed by atoms with Crippen LogP contribution in [0.25, 0.3) is 11.6 Å². The molecule has 0 aliphatic carbocycles. The molecule has 0 heterocycles. The summed E-state index contributed by atoms with van der Waals surface area (Å²) >= 11 is 0. The molecular weight excluding hydrogens is 324 g/mol. The Hall–Kier alpha value is -3.50. The van der Waals surface area contributed by atoms with Crippen LogP contribution in [0.4, 0.5) is 5.69 Å². The van der Waals surface area contributed by atoms with Gasteiger partial charge >= 0.3 is 0 Å². The Morgan fingerprint density at radius 1 is 1.19 bits per heavy atom. The first-order valence-electron chi connectivity index (χ1n) is 8.18. The van der Waals surface area contributed by atoms with Crippen molar-refractivity contribution in [2.24, 2.45) is 0 Å². The molecule has 132 valence electrons. The molecule has 0 spiro atoms. The van der Waals surface area contributed by atoms with Crippen molar-refractivity contribution >= 4 is 23.6 Å². The minimum Gasteiger partial charge on any atom is -0.481 e. The molecule has 4 heteroatoms. The number of hydrogen-bond acceptors (Lipinski definition) is 4. The van der Waals surface area contributed by atoms with E-state index in [9.17, 15) is 10.1 Å². The minimum absolute atomic E-state index is 0.246. The van der Waals surface area contributed by atoms with Gasteiger partial charge in [0.15, 0.2) is 0 Å². The first-order valence-corrected chi connectivity index (χ1v) is 8.18. The van der Waals surface area contributed by atoms with E-state index in [0.29, 0.717) is 17.7 Å². The molecule has 4 nitrogen and oxygen atoms in total. The molecule has 0 aliphatic rings. The first-order chi connectivity index (χ1) is 12.7. The lowest BCUT2D eigenvalue weighted by Gasteiger charge is -2.04. The Bertz CT molecular complexity index is 792. The number of rotatable bonds is 6. The highest BCUT2D eigenvalue weighted by atomic mass is 16.5. The van der Waals surface area contributed by atoms with Gasteiger partial charge in [-0.25, -0.2) is 0 Å². The number of benzene rings is 2. The van der Waals surface area contributed by atoms with Gasteiger partial charge in [0.2, 0.25) is 0 Å². The molecule has 26 heavy (non-hydrogen) atoms. The van der Waals surface area contributed by atoms with Crippen LogP contribution in [-0.4, -0.2) is 19.9 Å². The zero-order chi connectivity index (χ0) is 19.2. The molecule has 0 aliphatic heterocycles. The van der Waals surface area contributed by atoms with Gasteiger partial charge in [-0.3, -0.25) is 0 Å². The third kappa shape index (κ3) is 6.95. The Labute approximate surface area is 155 Å². The number of ether oxygens (including phenoxy) is 1. The van der Waals surface area contributed by atoms with Crippen molar-refractivity contribution in [3.05, 3.63) is 59.7 Å². The Morgan fingerprint density at radius 2 is 1.81 bits per heavy atom. The van der Waals surface area contributed by atoms with E-state index in [0.717, 1.165) is 23.1 Å². The Kier molecular flexibility index (Phi) is 9.44.